The van der Waals surface area contributed by atoms with Gasteiger partial charge >= 0.3 is 0 Å². The van der Waals surface area contributed by atoms with Crippen LogP contribution in [0.1, 0.15) is 0 Å². The summed E-state index contributed by atoms with van der Waals surface area (Å²) in [5.74, 6) is 0.729. The Morgan fingerprint density at radius 2 is 0.930 bits per heavy atom. The smallest absolute Gasteiger partial charge is 0.160 e. The van der Waals surface area contributed by atoms with Crippen LogP contribution in [0.2, 0.25) is 0 Å². The van der Waals surface area contributed by atoms with E-state index in [-0.39, 0.29) is 0 Å². The Morgan fingerprint density at radius 1 is 0.372 bits per heavy atom. The zero-order valence-corrected chi connectivity index (χ0v) is 24.0. The highest BCUT2D eigenvalue weighted by molar-refractivity contribution is 7.26. The van der Waals surface area contributed by atoms with Crippen molar-refractivity contribution in [2.24, 2.45) is 0 Å². The van der Waals surface area contributed by atoms with Crippen LogP contribution in [0.3, 0.4) is 0 Å². The lowest BCUT2D eigenvalue weighted by atomic mass is 9.92. The Balaban J connectivity index is 1.33. The van der Waals surface area contributed by atoms with Crippen LogP contribution in [0.15, 0.2) is 146 Å². The number of nitrogens with zero attached hydrogens (tertiary/aromatic N) is 2. The van der Waals surface area contributed by atoms with Gasteiger partial charge in [0.15, 0.2) is 5.82 Å². The molecule has 0 N–H and O–H groups in total. The molecule has 2 aromatic heterocycles. The van der Waals surface area contributed by atoms with Crippen LogP contribution in [0, 0.1) is 0 Å². The van der Waals surface area contributed by atoms with Crippen molar-refractivity contribution in [1.82, 2.24) is 9.97 Å². The zero-order valence-electron chi connectivity index (χ0n) is 23.2. The molecule has 7 aromatic carbocycles. The second-order valence-electron chi connectivity index (χ2n) is 11.0. The molecule has 0 bridgehead atoms. The summed E-state index contributed by atoms with van der Waals surface area (Å²) in [6, 6.07) is 51.8. The third-order valence-electron chi connectivity index (χ3n) is 8.47. The number of thiophene rings is 1. The predicted octanol–water partition coefficient (Wildman–Crippen LogP) is 11.3. The fourth-order valence-electron chi connectivity index (χ4n) is 6.45. The molecule has 0 aliphatic heterocycles. The van der Waals surface area contributed by atoms with Gasteiger partial charge in [0.2, 0.25) is 0 Å². The minimum Gasteiger partial charge on any atom is -0.228 e. The van der Waals surface area contributed by atoms with Gasteiger partial charge in [-0.25, -0.2) is 9.97 Å². The van der Waals surface area contributed by atoms with Gasteiger partial charge in [0.05, 0.1) is 11.4 Å². The van der Waals surface area contributed by atoms with E-state index in [1.807, 2.05) is 35.6 Å². The maximum Gasteiger partial charge on any atom is 0.160 e. The van der Waals surface area contributed by atoms with Crippen LogP contribution in [0.25, 0.3) is 86.4 Å². The predicted molar refractivity (Wildman–Crippen MR) is 184 cm³/mol. The second-order valence-corrected chi connectivity index (χ2v) is 12.0. The van der Waals surface area contributed by atoms with Gasteiger partial charge in [-0.1, -0.05) is 127 Å². The average molecular weight is 565 g/mol. The van der Waals surface area contributed by atoms with E-state index in [4.69, 9.17) is 9.97 Å². The minimum absolute atomic E-state index is 0.729. The van der Waals surface area contributed by atoms with Crippen molar-refractivity contribution in [2.75, 3.05) is 0 Å². The van der Waals surface area contributed by atoms with Crippen LogP contribution in [-0.4, -0.2) is 9.97 Å². The van der Waals surface area contributed by atoms with Crippen molar-refractivity contribution in [3.8, 4) is 33.9 Å². The molecule has 9 rings (SSSR count). The molecule has 0 atom stereocenters. The lowest BCUT2D eigenvalue weighted by molar-refractivity contribution is 1.18. The van der Waals surface area contributed by atoms with E-state index in [0.717, 1.165) is 33.9 Å². The SMILES string of the molecule is c1ccc(-c2cc(-c3ccc4c(c3)c3ccccc3c3c4ccc4c5ccccc5sc43)nc(-c3ccccc3)n2)cc1. The van der Waals surface area contributed by atoms with Crippen LogP contribution < -0.4 is 0 Å². The summed E-state index contributed by atoms with van der Waals surface area (Å²) in [6.07, 6.45) is 0. The van der Waals surface area contributed by atoms with Gasteiger partial charge in [0.1, 0.15) is 0 Å². The van der Waals surface area contributed by atoms with Gasteiger partial charge < -0.3 is 0 Å². The first-order valence-electron chi connectivity index (χ1n) is 14.5. The van der Waals surface area contributed by atoms with Crippen molar-refractivity contribution in [2.45, 2.75) is 0 Å². The zero-order chi connectivity index (χ0) is 28.3. The summed E-state index contributed by atoms with van der Waals surface area (Å²) in [5, 5.41) is 10.3. The molecule has 0 saturated carbocycles. The van der Waals surface area contributed by atoms with E-state index in [1.165, 1.54) is 52.5 Å². The van der Waals surface area contributed by atoms with Crippen molar-refractivity contribution in [1.29, 1.82) is 0 Å². The van der Waals surface area contributed by atoms with Crippen molar-refractivity contribution in [3.63, 3.8) is 0 Å². The van der Waals surface area contributed by atoms with Crippen molar-refractivity contribution >= 4 is 63.8 Å². The summed E-state index contributed by atoms with van der Waals surface area (Å²) >= 11 is 1.90. The Morgan fingerprint density at radius 3 is 1.72 bits per heavy atom. The summed E-state index contributed by atoms with van der Waals surface area (Å²) < 4.78 is 2.69. The van der Waals surface area contributed by atoms with E-state index in [9.17, 15) is 0 Å². The summed E-state index contributed by atoms with van der Waals surface area (Å²) in [7, 11) is 0. The van der Waals surface area contributed by atoms with E-state index < -0.39 is 0 Å². The normalized spacial score (nSPS) is 11.7. The lowest BCUT2D eigenvalue weighted by Gasteiger charge is -2.14. The fourth-order valence-corrected chi connectivity index (χ4v) is 7.71. The van der Waals surface area contributed by atoms with Gasteiger partial charge in [0.25, 0.3) is 0 Å². The van der Waals surface area contributed by atoms with Gasteiger partial charge in [-0.2, -0.15) is 0 Å². The number of fused-ring (bicyclic) bond motifs is 10. The molecular weight excluding hydrogens is 541 g/mol. The largest absolute Gasteiger partial charge is 0.228 e. The highest BCUT2D eigenvalue weighted by atomic mass is 32.1. The van der Waals surface area contributed by atoms with Gasteiger partial charge in [-0.3, -0.25) is 0 Å². The molecule has 0 amide bonds. The fraction of sp³-hybridized carbons (Fsp3) is 0. The van der Waals surface area contributed by atoms with E-state index >= 15 is 0 Å². The molecule has 0 spiro atoms. The molecule has 0 aliphatic carbocycles. The molecule has 9 aromatic rings. The first-order valence-corrected chi connectivity index (χ1v) is 15.3. The van der Waals surface area contributed by atoms with E-state index in [1.54, 1.807) is 0 Å². The number of aromatic nitrogens is 2. The van der Waals surface area contributed by atoms with Gasteiger partial charge in [-0.05, 0) is 45.1 Å². The number of rotatable bonds is 3. The quantitative estimate of drug-likeness (QED) is 0.199. The molecule has 3 heteroatoms. The number of hydrogen-bond acceptors (Lipinski definition) is 3. The van der Waals surface area contributed by atoms with Crippen LogP contribution in [-0.2, 0) is 0 Å². The standard InChI is InChI=1S/C40H24N2S/c1-3-11-25(12-4-1)35-24-36(42-40(41-35)26-13-5-2-6-14-26)27-19-20-29-32-21-22-33-30-16-9-10-18-37(30)43-39(33)38(32)31-17-8-7-15-28(31)34(29)23-27/h1-24H. The van der Waals surface area contributed by atoms with Crippen LogP contribution >= 0.6 is 11.3 Å². The highest BCUT2D eigenvalue weighted by Gasteiger charge is 2.16. The molecule has 43 heavy (non-hydrogen) atoms. The Labute approximate surface area is 252 Å². The van der Waals surface area contributed by atoms with Crippen LogP contribution in [0.4, 0.5) is 0 Å². The maximum atomic E-state index is 5.10. The molecule has 0 unspecified atom stereocenters. The molecule has 2 nitrogen and oxygen atoms in total. The Kier molecular flexibility index (Phi) is 5.40. The molecule has 200 valence electrons. The number of benzene rings is 7. The first kappa shape index (κ1) is 24.2. The molecular formula is C40H24N2S. The third kappa shape index (κ3) is 3.86. The van der Waals surface area contributed by atoms with Crippen LogP contribution in [0.5, 0.6) is 0 Å². The van der Waals surface area contributed by atoms with Crippen molar-refractivity contribution < 1.29 is 0 Å². The molecule has 0 fully saturated rings. The monoisotopic (exact) mass is 564 g/mol. The van der Waals surface area contributed by atoms with Gasteiger partial charge in [-0.15, -0.1) is 11.3 Å². The number of hydrogen-bond donors (Lipinski definition) is 0. The first-order chi connectivity index (χ1) is 21.3. The minimum atomic E-state index is 0.729. The van der Waals surface area contributed by atoms with E-state index in [0.29, 0.717) is 0 Å². The summed E-state index contributed by atoms with van der Waals surface area (Å²) in [6.45, 7) is 0. The topological polar surface area (TPSA) is 25.8 Å². The maximum absolute atomic E-state index is 5.10. The molecule has 0 radical (unpaired) electrons. The highest BCUT2D eigenvalue weighted by Crippen LogP contribution is 2.44. The summed E-state index contributed by atoms with van der Waals surface area (Å²) in [5.41, 5.74) is 4.99. The third-order valence-corrected chi connectivity index (χ3v) is 9.67. The Bertz CT molecular complexity index is 2420. The summed E-state index contributed by atoms with van der Waals surface area (Å²) in [4.78, 5) is 10.1. The molecule has 0 aliphatic rings. The van der Waals surface area contributed by atoms with Crippen molar-refractivity contribution in [3.05, 3.63) is 146 Å². The lowest BCUT2D eigenvalue weighted by Crippen LogP contribution is -1.96. The van der Waals surface area contributed by atoms with E-state index in [2.05, 4.69) is 121 Å². The average Bonchev–Trinajstić information content (AvgIpc) is 3.47. The molecule has 0 saturated heterocycles. The Hall–Kier alpha value is -5.38. The second kappa shape index (κ2) is 9.59. The molecule has 2 heterocycles. The van der Waals surface area contributed by atoms with Gasteiger partial charge in [0, 0.05) is 42.2 Å².